The molecular formula is C14H15BrN2O2. The lowest BCUT2D eigenvalue weighted by molar-refractivity contribution is 0.355. The summed E-state index contributed by atoms with van der Waals surface area (Å²) in [5.74, 6) is 1.36. The maximum Gasteiger partial charge on any atom is 0.162 e. The topological polar surface area (TPSA) is 56.5 Å². The van der Waals surface area contributed by atoms with Gasteiger partial charge in [0.15, 0.2) is 11.5 Å². The van der Waals surface area contributed by atoms with E-state index in [1.165, 1.54) is 0 Å². The zero-order valence-electron chi connectivity index (χ0n) is 10.7. The molecule has 0 aliphatic heterocycles. The van der Waals surface area contributed by atoms with Crippen LogP contribution in [0.2, 0.25) is 0 Å². The average molecular weight is 323 g/mol. The molecule has 0 aromatic heterocycles. The molecule has 0 fully saturated rings. The van der Waals surface area contributed by atoms with E-state index in [1.807, 2.05) is 36.4 Å². The third-order valence-electron chi connectivity index (χ3n) is 2.68. The van der Waals surface area contributed by atoms with Crippen LogP contribution in [0.15, 0.2) is 40.9 Å². The minimum atomic E-state index is 0.668. The average Bonchev–Trinajstić information content (AvgIpc) is 2.42. The fourth-order valence-corrected chi connectivity index (χ4v) is 2.07. The van der Waals surface area contributed by atoms with E-state index >= 15 is 0 Å². The van der Waals surface area contributed by atoms with Crippen molar-refractivity contribution >= 4 is 33.0 Å². The normalized spacial score (nSPS) is 10.1. The van der Waals surface area contributed by atoms with Crippen molar-refractivity contribution in [3.05, 3.63) is 40.9 Å². The van der Waals surface area contributed by atoms with Gasteiger partial charge in [-0.05, 0) is 30.3 Å². The molecule has 0 amide bonds. The number of nitrogens with one attached hydrogen (secondary N) is 1. The zero-order chi connectivity index (χ0) is 13.8. The van der Waals surface area contributed by atoms with E-state index in [4.69, 9.17) is 15.2 Å². The molecule has 0 spiro atoms. The van der Waals surface area contributed by atoms with E-state index in [1.54, 1.807) is 14.2 Å². The van der Waals surface area contributed by atoms with Gasteiger partial charge in [-0.15, -0.1) is 0 Å². The summed E-state index contributed by atoms with van der Waals surface area (Å²) >= 11 is 3.42. The molecule has 0 radical (unpaired) electrons. The minimum Gasteiger partial charge on any atom is -0.493 e. The number of rotatable bonds is 4. The molecule has 2 rings (SSSR count). The van der Waals surface area contributed by atoms with Crippen LogP contribution in [-0.2, 0) is 0 Å². The Morgan fingerprint density at radius 2 is 1.74 bits per heavy atom. The lowest BCUT2D eigenvalue weighted by Gasteiger charge is -2.13. The van der Waals surface area contributed by atoms with Gasteiger partial charge in [0.1, 0.15) is 0 Å². The maximum absolute atomic E-state index is 5.92. The van der Waals surface area contributed by atoms with Gasteiger partial charge in [-0.1, -0.05) is 15.9 Å². The van der Waals surface area contributed by atoms with Gasteiger partial charge in [-0.2, -0.15) is 0 Å². The summed E-state index contributed by atoms with van der Waals surface area (Å²) in [7, 11) is 3.21. The van der Waals surface area contributed by atoms with E-state index < -0.39 is 0 Å². The highest BCUT2D eigenvalue weighted by atomic mass is 79.9. The number of methoxy groups -OCH3 is 2. The summed E-state index contributed by atoms with van der Waals surface area (Å²) in [5.41, 5.74) is 8.32. The molecule has 0 bridgehead atoms. The van der Waals surface area contributed by atoms with Gasteiger partial charge >= 0.3 is 0 Å². The Morgan fingerprint density at radius 3 is 2.42 bits per heavy atom. The summed E-state index contributed by atoms with van der Waals surface area (Å²) in [6.45, 7) is 0. The second-order valence-corrected chi connectivity index (χ2v) is 4.84. The number of nitrogens with two attached hydrogens (primary N) is 1. The first-order chi connectivity index (χ1) is 9.13. The minimum absolute atomic E-state index is 0.668. The highest BCUT2D eigenvalue weighted by Gasteiger charge is 2.06. The van der Waals surface area contributed by atoms with E-state index in [2.05, 4.69) is 21.2 Å². The first kappa shape index (κ1) is 13.5. The maximum atomic E-state index is 5.92. The monoisotopic (exact) mass is 322 g/mol. The fourth-order valence-electron chi connectivity index (χ4n) is 1.71. The molecule has 4 nitrogen and oxygen atoms in total. The lowest BCUT2D eigenvalue weighted by atomic mass is 10.2. The van der Waals surface area contributed by atoms with Crippen LogP contribution in [0, 0.1) is 0 Å². The van der Waals surface area contributed by atoms with E-state index in [0.717, 1.165) is 15.8 Å². The van der Waals surface area contributed by atoms with Crippen LogP contribution in [0.5, 0.6) is 11.5 Å². The van der Waals surface area contributed by atoms with Gasteiger partial charge in [0.05, 0.1) is 25.6 Å². The molecule has 2 aromatic rings. The molecule has 0 saturated heterocycles. The molecule has 0 aliphatic carbocycles. The Labute approximate surface area is 120 Å². The highest BCUT2D eigenvalue weighted by molar-refractivity contribution is 9.10. The van der Waals surface area contributed by atoms with Crippen molar-refractivity contribution in [3.8, 4) is 11.5 Å². The third-order valence-corrected chi connectivity index (χ3v) is 3.17. The van der Waals surface area contributed by atoms with Crippen molar-refractivity contribution in [2.24, 2.45) is 0 Å². The zero-order valence-corrected chi connectivity index (χ0v) is 12.3. The van der Waals surface area contributed by atoms with Crippen LogP contribution in [-0.4, -0.2) is 14.2 Å². The van der Waals surface area contributed by atoms with Crippen molar-refractivity contribution < 1.29 is 9.47 Å². The first-order valence-corrected chi connectivity index (χ1v) is 6.47. The SMILES string of the molecule is COc1ccc(Nc2cc(Br)ccc2N)cc1OC. The second-order valence-electron chi connectivity index (χ2n) is 3.93. The van der Waals surface area contributed by atoms with E-state index in [-0.39, 0.29) is 0 Å². The summed E-state index contributed by atoms with van der Waals surface area (Å²) < 4.78 is 11.4. The Morgan fingerprint density at radius 1 is 1.00 bits per heavy atom. The first-order valence-electron chi connectivity index (χ1n) is 5.68. The third kappa shape index (κ3) is 3.12. The molecule has 19 heavy (non-hydrogen) atoms. The number of benzene rings is 2. The molecule has 0 saturated carbocycles. The molecule has 100 valence electrons. The van der Waals surface area contributed by atoms with Gasteiger partial charge in [-0.25, -0.2) is 0 Å². The summed E-state index contributed by atoms with van der Waals surface area (Å²) in [4.78, 5) is 0. The lowest BCUT2D eigenvalue weighted by Crippen LogP contribution is -1.97. The van der Waals surface area contributed by atoms with Crippen LogP contribution >= 0.6 is 15.9 Å². The fraction of sp³-hybridized carbons (Fsp3) is 0.143. The van der Waals surface area contributed by atoms with Gasteiger partial charge in [0.2, 0.25) is 0 Å². The molecule has 0 atom stereocenters. The smallest absolute Gasteiger partial charge is 0.162 e. The van der Waals surface area contributed by atoms with Crippen molar-refractivity contribution in [2.45, 2.75) is 0 Å². The van der Waals surface area contributed by atoms with Crippen molar-refractivity contribution in [1.82, 2.24) is 0 Å². The van der Waals surface area contributed by atoms with Crippen molar-refractivity contribution in [3.63, 3.8) is 0 Å². The van der Waals surface area contributed by atoms with Crippen molar-refractivity contribution in [2.75, 3.05) is 25.3 Å². The number of anilines is 3. The summed E-state index contributed by atoms with van der Waals surface area (Å²) in [6, 6.07) is 11.3. The molecule has 5 heteroatoms. The van der Waals surface area contributed by atoms with Crippen LogP contribution in [0.1, 0.15) is 0 Å². The molecule has 0 aliphatic rings. The van der Waals surface area contributed by atoms with E-state index in [0.29, 0.717) is 17.2 Å². The number of hydrogen-bond donors (Lipinski definition) is 2. The highest BCUT2D eigenvalue weighted by Crippen LogP contribution is 2.33. The Hall–Kier alpha value is -1.88. The predicted octanol–water partition coefficient (Wildman–Crippen LogP) is 3.79. The number of halogens is 1. The summed E-state index contributed by atoms with van der Waals surface area (Å²) in [6.07, 6.45) is 0. The van der Waals surface area contributed by atoms with Gasteiger partial charge < -0.3 is 20.5 Å². The number of ether oxygens (including phenoxy) is 2. The van der Waals surface area contributed by atoms with Crippen LogP contribution < -0.4 is 20.5 Å². The quantitative estimate of drug-likeness (QED) is 0.841. The van der Waals surface area contributed by atoms with Crippen molar-refractivity contribution in [1.29, 1.82) is 0 Å². The van der Waals surface area contributed by atoms with Gasteiger partial charge in [0, 0.05) is 16.2 Å². The Kier molecular flexibility index (Phi) is 4.16. The molecule has 0 heterocycles. The number of nitrogen functional groups attached to an aromatic ring is 1. The van der Waals surface area contributed by atoms with Crippen LogP contribution in [0.25, 0.3) is 0 Å². The second kappa shape index (κ2) is 5.84. The Balaban J connectivity index is 2.30. The van der Waals surface area contributed by atoms with Crippen LogP contribution in [0.3, 0.4) is 0 Å². The largest absolute Gasteiger partial charge is 0.493 e. The molecular weight excluding hydrogens is 308 g/mol. The van der Waals surface area contributed by atoms with Gasteiger partial charge in [-0.3, -0.25) is 0 Å². The van der Waals surface area contributed by atoms with Crippen LogP contribution in [0.4, 0.5) is 17.1 Å². The standard InChI is InChI=1S/C14H15BrN2O2/c1-18-13-6-4-10(8-14(13)19-2)17-12-7-9(15)3-5-11(12)16/h3-8,17H,16H2,1-2H3. The molecule has 0 unspecified atom stereocenters. The molecule has 2 aromatic carbocycles. The molecule has 3 N–H and O–H groups in total. The van der Waals surface area contributed by atoms with E-state index in [9.17, 15) is 0 Å². The number of hydrogen-bond acceptors (Lipinski definition) is 4. The predicted molar refractivity (Wildman–Crippen MR) is 81.4 cm³/mol. The Bertz CT molecular complexity index is 588. The van der Waals surface area contributed by atoms with Gasteiger partial charge in [0.25, 0.3) is 0 Å². The summed E-state index contributed by atoms with van der Waals surface area (Å²) in [5, 5.41) is 3.25.